The molecular weight excluding hydrogens is 302 g/mol. The second-order valence-corrected chi connectivity index (χ2v) is 6.30. The summed E-state index contributed by atoms with van der Waals surface area (Å²) in [7, 11) is -3.52. The topological polar surface area (TPSA) is 101 Å². The third-order valence-corrected chi connectivity index (χ3v) is 3.76. The van der Waals surface area contributed by atoms with Crippen LogP contribution in [0.4, 0.5) is 5.69 Å². The lowest BCUT2D eigenvalue weighted by molar-refractivity contribution is -0.119. The number of carbonyl (C=O) groups is 1. The summed E-state index contributed by atoms with van der Waals surface area (Å²) in [6.45, 7) is 1.57. The molecule has 0 saturated carbocycles. The summed E-state index contributed by atoms with van der Waals surface area (Å²) in [6.07, 6.45) is 0.843. The molecule has 112 valence electrons. The molecule has 1 aromatic carbocycles. The molecule has 0 spiro atoms. The predicted octanol–water partition coefficient (Wildman–Crippen LogP) is 0.445. The van der Waals surface area contributed by atoms with Crippen LogP contribution >= 0.6 is 12.4 Å². The van der Waals surface area contributed by atoms with Crippen LogP contribution in [-0.4, -0.2) is 27.4 Å². The van der Waals surface area contributed by atoms with Crippen molar-refractivity contribution in [2.24, 2.45) is 11.1 Å². The second-order valence-electron chi connectivity index (χ2n) is 4.68. The molecule has 1 amide bonds. The van der Waals surface area contributed by atoms with E-state index in [1.165, 1.54) is 0 Å². The number of amides is 1. The van der Waals surface area contributed by atoms with E-state index >= 15 is 0 Å². The molecule has 0 aliphatic carbocycles. The molecule has 1 aliphatic heterocycles. The number of sulfonamides is 1. The zero-order chi connectivity index (χ0) is 13.9. The molecule has 2 rings (SSSR count). The molecule has 4 N–H and O–H groups in total. The third-order valence-electron chi connectivity index (χ3n) is 3.02. The number of nitrogens with one attached hydrogen (secondary N) is 2. The van der Waals surface area contributed by atoms with Gasteiger partial charge in [-0.2, -0.15) is 0 Å². The second kappa shape index (κ2) is 7.03. The number of hydrogen-bond donors (Lipinski definition) is 3. The van der Waals surface area contributed by atoms with Crippen molar-refractivity contribution in [3.63, 3.8) is 0 Å². The molecule has 1 unspecified atom stereocenters. The Morgan fingerprint density at radius 1 is 1.35 bits per heavy atom. The van der Waals surface area contributed by atoms with Crippen LogP contribution in [-0.2, 0) is 20.6 Å². The number of rotatable bonds is 4. The lowest BCUT2D eigenvalue weighted by Crippen LogP contribution is -2.24. The maximum absolute atomic E-state index is 11.9. The number of hydrogen-bond acceptors (Lipinski definition) is 4. The molecule has 0 radical (unpaired) electrons. The van der Waals surface area contributed by atoms with Gasteiger partial charge in [-0.1, -0.05) is 12.1 Å². The Balaban J connectivity index is 0.00000200. The van der Waals surface area contributed by atoms with E-state index in [0.29, 0.717) is 17.8 Å². The standard InChI is InChI=1S/C12H17N3O3S.ClH/c13-19(17,18)8-9-1-3-11(4-2-9)15-12(16)10-5-6-14-7-10;/h1-4,10,14H,5-8H2,(H,15,16)(H2,13,17,18);1H. The van der Waals surface area contributed by atoms with E-state index in [-0.39, 0.29) is 30.0 Å². The average molecular weight is 320 g/mol. The lowest BCUT2D eigenvalue weighted by atomic mass is 10.1. The minimum atomic E-state index is -3.52. The van der Waals surface area contributed by atoms with Gasteiger partial charge in [0.25, 0.3) is 0 Å². The van der Waals surface area contributed by atoms with Gasteiger partial charge in [-0.05, 0) is 30.7 Å². The van der Waals surface area contributed by atoms with E-state index in [1.54, 1.807) is 24.3 Å². The zero-order valence-corrected chi connectivity index (χ0v) is 12.5. The molecule has 0 aromatic heterocycles. The number of halogens is 1. The molecule has 1 heterocycles. The van der Waals surface area contributed by atoms with Crippen LogP contribution in [0.3, 0.4) is 0 Å². The molecule has 1 aliphatic rings. The van der Waals surface area contributed by atoms with Gasteiger partial charge in [0.2, 0.25) is 15.9 Å². The van der Waals surface area contributed by atoms with Gasteiger partial charge in [0.05, 0.1) is 11.7 Å². The highest BCUT2D eigenvalue weighted by atomic mass is 35.5. The molecule has 8 heteroatoms. The minimum absolute atomic E-state index is 0. The number of primary sulfonamides is 1. The van der Waals surface area contributed by atoms with E-state index in [2.05, 4.69) is 10.6 Å². The maximum atomic E-state index is 11.9. The van der Waals surface area contributed by atoms with Crippen LogP contribution in [0.2, 0.25) is 0 Å². The van der Waals surface area contributed by atoms with Crippen LogP contribution in [0.25, 0.3) is 0 Å². The normalized spacial score (nSPS) is 18.4. The van der Waals surface area contributed by atoms with Gasteiger partial charge in [-0.15, -0.1) is 12.4 Å². The Morgan fingerprint density at radius 2 is 2.00 bits per heavy atom. The molecule has 1 atom stereocenters. The van der Waals surface area contributed by atoms with Crippen LogP contribution in [0, 0.1) is 5.92 Å². The van der Waals surface area contributed by atoms with Crippen molar-refractivity contribution in [1.82, 2.24) is 5.32 Å². The fraction of sp³-hybridized carbons (Fsp3) is 0.417. The first kappa shape index (κ1) is 16.9. The zero-order valence-electron chi connectivity index (χ0n) is 10.8. The fourth-order valence-corrected chi connectivity index (χ4v) is 2.70. The van der Waals surface area contributed by atoms with Crippen LogP contribution in [0.1, 0.15) is 12.0 Å². The van der Waals surface area contributed by atoms with Gasteiger partial charge in [-0.25, -0.2) is 13.6 Å². The van der Waals surface area contributed by atoms with Crippen LogP contribution in [0.5, 0.6) is 0 Å². The summed E-state index contributed by atoms with van der Waals surface area (Å²) in [5.74, 6) is -0.207. The summed E-state index contributed by atoms with van der Waals surface area (Å²) in [5, 5.41) is 10.9. The molecular formula is C12H18ClN3O3S. The molecule has 20 heavy (non-hydrogen) atoms. The van der Waals surface area contributed by atoms with E-state index in [9.17, 15) is 13.2 Å². The molecule has 1 aromatic rings. The van der Waals surface area contributed by atoms with Crippen molar-refractivity contribution in [1.29, 1.82) is 0 Å². The highest BCUT2D eigenvalue weighted by Gasteiger charge is 2.22. The monoisotopic (exact) mass is 319 g/mol. The van der Waals surface area contributed by atoms with Crippen LogP contribution in [0.15, 0.2) is 24.3 Å². The van der Waals surface area contributed by atoms with Gasteiger partial charge in [0.1, 0.15) is 0 Å². The highest BCUT2D eigenvalue weighted by Crippen LogP contribution is 2.14. The van der Waals surface area contributed by atoms with Gasteiger partial charge < -0.3 is 10.6 Å². The van der Waals surface area contributed by atoms with E-state index in [0.717, 1.165) is 13.0 Å². The van der Waals surface area contributed by atoms with E-state index in [4.69, 9.17) is 5.14 Å². The number of carbonyl (C=O) groups excluding carboxylic acids is 1. The Kier molecular flexibility index (Phi) is 5.94. The Hall–Kier alpha value is -1.15. The predicted molar refractivity (Wildman–Crippen MR) is 80.1 cm³/mol. The van der Waals surface area contributed by atoms with Crippen molar-refractivity contribution in [2.75, 3.05) is 18.4 Å². The van der Waals surface area contributed by atoms with Crippen molar-refractivity contribution in [3.05, 3.63) is 29.8 Å². The molecule has 1 saturated heterocycles. The van der Waals surface area contributed by atoms with Crippen molar-refractivity contribution in [2.45, 2.75) is 12.2 Å². The number of benzene rings is 1. The summed E-state index contributed by atoms with van der Waals surface area (Å²) in [5.41, 5.74) is 1.26. The summed E-state index contributed by atoms with van der Waals surface area (Å²) < 4.78 is 21.9. The van der Waals surface area contributed by atoms with Crippen molar-refractivity contribution < 1.29 is 13.2 Å². The first-order valence-electron chi connectivity index (χ1n) is 6.05. The summed E-state index contributed by atoms with van der Waals surface area (Å²) in [4.78, 5) is 11.9. The quantitative estimate of drug-likeness (QED) is 0.749. The molecule has 6 nitrogen and oxygen atoms in total. The average Bonchev–Trinajstić information content (AvgIpc) is 2.83. The first-order valence-corrected chi connectivity index (χ1v) is 7.76. The number of anilines is 1. The molecule has 1 fully saturated rings. The Bertz CT molecular complexity index is 554. The first-order chi connectivity index (χ1) is 8.94. The lowest BCUT2D eigenvalue weighted by Gasteiger charge is -2.10. The Morgan fingerprint density at radius 3 is 2.50 bits per heavy atom. The van der Waals surface area contributed by atoms with E-state index < -0.39 is 10.0 Å². The molecule has 0 bridgehead atoms. The number of nitrogens with two attached hydrogens (primary N) is 1. The largest absolute Gasteiger partial charge is 0.326 e. The maximum Gasteiger partial charge on any atom is 0.228 e. The summed E-state index contributed by atoms with van der Waals surface area (Å²) >= 11 is 0. The highest BCUT2D eigenvalue weighted by molar-refractivity contribution is 7.88. The summed E-state index contributed by atoms with van der Waals surface area (Å²) in [6, 6.07) is 6.65. The van der Waals surface area contributed by atoms with Crippen molar-refractivity contribution in [3.8, 4) is 0 Å². The van der Waals surface area contributed by atoms with Gasteiger partial charge >= 0.3 is 0 Å². The SMILES string of the molecule is Cl.NS(=O)(=O)Cc1ccc(NC(=O)C2CCNC2)cc1. The van der Waals surface area contributed by atoms with Crippen LogP contribution < -0.4 is 15.8 Å². The Labute approximate surface area is 124 Å². The van der Waals surface area contributed by atoms with Gasteiger partial charge in [0, 0.05) is 12.2 Å². The smallest absolute Gasteiger partial charge is 0.228 e. The van der Waals surface area contributed by atoms with Gasteiger partial charge in [-0.3, -0.25) is 4.79 Å². The van der Waals surface area contributed by atoms with Gasteiger partial charge in [0.15, 0.2) is 0 Å². The fourth-order valence-electron chi connectivity index (χ4n) is 2.04. The van der Waals surface area contributed by atoms with E-state index in [1.807, 2.05) is 0 Å². The van der Waals surface area contributed by atoms with Crippen molar-refractivity contribution >= 4 is 34.0 Å². The minimum Gasteiger partial charge on any atom is -0.326 e. The third kappa shape index (κ3) is 5.09.